The van der Waals surface area contributed by atoms with Crippen molar-refractivity contribution in [2.45, 2.75) is 29.2 Å². The first-order chi connectivity index (χ1) is 38.1. The van der Waals surface area contributed by atoms with Gasteiger partial charge >= 0.3 is 12.1 Å². The molecule has 0 spiro atoms. The van der Waals surface area contributed by atoms with Crippen LogP contribution in [-0.2, 0) is 46.4 Å². The predicted octanol–water partition coefficient (Wildman–Crippen LogP) is 10.0. The van der Waals surface area contributed by atoms with Crippen LogP contribution in [0.15, 0.2) is 229 Å². The lowest BCUT2D eigenvalue weighted by molar-refractivity contribution is -0.160. The number of fused-ring (bicyclic) bond motifs is 1. The quantitative estimate of drug-likeness (QED) is 0.0165. The lowest BCUT2D eigenvalue weighted by atomic mass is 9.77. The van der Waals surface area contributed by atoms with E-state index in [0.29, 0.717) is 10.9 Å². The summed E-state index contributed by atoms with van der Waals surface area (Å²) in [4.78, 5) is 68.9. The zero-order chi connectivity index (χ0) is 54.0. The highest BCUT2D eigenvalue weighted by atomic mass is 32.2. The molecule has 4 N–H and O–H groups in total. The molecule has 0 aliphatic carbocycles. The number of nitrogens with one attached hydrogen (secondary N) is 2. The first kappa shape index (κ1) is 52.5. The van der Waals surface area contributed by atoms with Crippen molar-refractivity contribution in [1.82, 2.24) is 15.2 Å². The number of hydrogen-bond acceptors (Lipinski definition) is 13. The Kier molecular flexibility index (Phi) is 15.8. The number of rotatable bonds is 20. The molecule has 3 amide bonds. The molecule has 78 heavy (non-hydrogen) atoms. The number of carbonyl (C=O) groups excluding carboxylic acids is 4. The second kappa shape index (κ2) is 23.5. The van der Waals surface area contributed by atoms with E-state index >= 15 is 4.79 Å². The lowest BCUT2D eigenvalue weighted by Gasteiger charge is -2.53. The molecular weight excluding hydrogens is 1020 g/mol. The Morgan fingerprint density at radius 1 is 0.718 bits per heavy atom. The van der Waals surface area contributed by atoms with Gasteiger partial charge in [-0.3, -0.25) is 14.4 Å². The van der Waals surface area contributed by atoms with Gasteiger partial charge in [-0.1, -0.05) is 205 Å². The van der Waals surface area contributed by atoms with Crippen LogP contribution < -0.4 is 21.1 Å². The largest absolute Gasteiger partial charge is 0.497 e. The summed E-state index contributed by atoms with van der Waals surface area (Å²) in [7, 11) is 1.56. The molecule has 2 aliphatic heterocycles. The van der Waals surface area contributed by atoms with Crippen LogP contribution in [0.1, 0.15) is 44.6 Å². The number of thioether (sulfide) groups is 1. The average molecular weight is 1080 g/mol. The highest BCUT2D eigenvalue weighted by Crippen LogP contribution is 2.45. The second-order valence-corrected chi connectivity index (χ2v) is 20.5. The Labute approximate surface area is 459 Å². The molecule has 10 rings (SSSR count). The van der Waals surface area contributed by atoms with Crippen LogP contribution in [0, 0.1) is 5.41 Å². The molecule has 2 saturated heterocycles. The highest BCUT2D eigenvalue weighted by molar-refractivity contribution is 8.00. The third-order valence-corrected chi connectivity index (χ3v) is 16.1. The van der Waals surface area contributed by atoms with Crippen molar-refractivity contribution < 1.29 is 38.2 Å². The van der Waals surface area contributed by atoms with Crippen LogP contribution in [0.5, 0.6) is 5.75 Å². The van der Waals surface area contributed by atoms with E-state index in [2.05, 4.69) is 47.0 Å². The number of primary amides is 1. The number of anilines is 1. The van der Waals surface area contributed by atoms with Gasteiger partial charge in [0.1, 0.15) is 47.0 Å². The van der Waals surface area contributed by atoms with Gasteiger partial charge in [-0.15, -0.1) is 23.1 Å². The Morgan fingerprint density at radius 3 is 1.71 bits per heavy atom. The maximum absolute atomic E-state index is 15.3. The third kappa shape index (κ3) is 10.7. The van der Waals surface area contributed by atoms with E-state index in [1.165, 1.54) is 34.1 Å². The van der Waals surface area contributed by atoms with E-state index in [-0.39, 0.29) is 36.9 Å². The number of β-lactam (4-membered cyclic amide) rings is 1. The maximum Gasteiger partial charge on any atom is 0.404 e. The van der Waals surface area contributed by atoms with E-state index in [1.807, 2.05) is 146 Å². The number of ether oxygens (including phenoxy) is 3. The molecular formula is C62H54N6O8S2. The summed E-state index contributed by atoms with van der Waals surface area (Å²) in [6.45, 7) is -0.316. The molecule has 14 nitrogen and oxygen atoms in total. The number of methoxy groups -OCH3 is 1. The smallest absolute Gasteiger partial charge is 0.404 e. The molecule has 0 saturated carbocycles. The fourth-order valence-corrected chi connectivity index (χ4v) is 12.2. The minimum atomic E-state index is -1.38. The zero-order valence-electron chi connectivity index (χ0n) is 42.3. The van der Waals surface area contributed by atoms with Crippen molar-refractivity contribution in [3.05, 3.63) is 268 Å². The zero-order valence-corrected chi connectivity index (χ0v) is 44.0. The van der Waals surface area contributed by atoms with Crippen LogP contribution in [0.4, 0.5) is 9.93 Å². The van der Waals surface area contributed by atoms with Crippen LogP contribution in [0.25, 0.3) is 0 Å². The number of carbonyl (C=O) groups is 4. The van der Waals surface area contributed by atoms with Crippen LogP contribution >= 0.6 is 23.1 Å². The Balaban J connectivity index is 1.01. The van der Waals surface area contributed by atoms with Gasteiger partial charge in [-0.05, 0) is 40.5 Å². The molecule has 0 bridgehead atoms. The van der Waals surface area contributed by atoms with Crippen LogP contribution in [0.3, 0.4) is 0 Å². The van der Waals surface area contributed by atoms with Crippen LogP contribution in [-0.4, -0.2) is 76.9 Å². The monoisotopic (exact) mass is 1070 g/mol. The summed E-state index contributed by atoms with van der Waals surface area (Å²) in [6, 6.07) is 65.4. The van der Waals surface area contributed by atoms with Crippen LogP contribution in [0.2, 0.25) is 0 Å². The van der Waals surface area contributed by atoms with E-state index in [9.17, 15) is 14.4 Å². The SMILES string of the molecule is COc1ccc(COC(=O)C2(C=CCOC(N)=O)CS[C@@H]3C(NC(=O)C(=NOC(c4ccccc4)(c4ccccc4)c4ccccc4)c4csc(NC(c5ccccc5)(c5ccccc5)c5ccccc5)n4)C(=O)N3C2)cc1. The molecule has 16 heteroatoms. The lowest BCUT2D eigenvalue weighted by Crippen LogP contribution is -2.74. The summed E-state index contributed by atoms with van der Waals surface area (Å²) < 4.78 is 16.1. The number of thiazole rings is 1. The van der Waals surface area contributed by atoms with Crippen molar-refractivity contribution in [3.8, 4) is 5.75 Å². The second-order valence-electron chi connectivity index (χ2n) is 18.6. The van der Waals surface area contributed by atoms with E-state index in [4.69, 9.17) is 34.9 Å². The van der Waals surface area contributed by atoms with Crippen molar-refractivity contribution in [3.63, 3.8) is 0 Å². The molecule has 0 radical (unpaired) electrons. The fraction of sp³-hybridized carbons (Fsp3) is 0.161. The first-order valence-electron chi connectivity index (χ1n) is 25.1. The molecule has 2 fully saturated rings. The predicted molar refractivity (Wildman–Crippen MR) is 302 cm³/mol. The third-order valence-electron chi connectivity index (χ3n) is 13.8. The van der Waals surface area contributed by atoms with Gasteiger partial charge in [0.2, 0.25) is 11.5 Å². The topological polar surface area (TPSA) is 184 Å². The van der Waals surface area contributed by atoms with Crippen molar-refractivity contribution >= 4 is 57.8 Å². The van der Waals surface area contributed by atoms with Crippen molar-refractivity contribution in [2.24, 2.45) is 16.3 Å². The number of hydrogen-bond donors (Lipinski definition) is 3. The Bertz CT molecular complexity index is 3220. The van der Waals surface area contributed by atoms with Gasteiger partial charge in [0.05, 0.1) is 7.11 Å². The number of oxime groups is 1. The number of nitrogens with zero attached hydrogens (tertiary/aromatic N) is 3. The van der Waals surface area contributed by atoms with Gasteiger partial charge in [-0.25, -0.2) is 9.78 Å². The molecule has 1 aromatic heterocycles. The van der Waals surface area contributed by atoms with Crippen molar-refractivity contribution in [2.75, 3.05) is 31.3 Å². The molecule has 7 aromatic carbocycles. The molecule has 3 atom stereocenters. The highest BCUT2D eigenvalue weighted by Gasteiger charge is 2.57. The van der Waals surface area contributed by atoms with Gasteiger partial charge in [-0.2, -0.15) is 0 Å². The van der Waals surface area contributed by atoms with Crippen molar-refractivity contribution in [1.29, 1.82) is 0 Å². The normalized spacial score (nSPS) is 17.3. The van der Waals surface area contributed by atoms with E-state index in [1.54, 1.807) is 42.8 Å². The van der Waals surface area contributed by atoms with Gasteiger partial charge in [0, 0.05) is 34.4 Å². The van der Waals surface area contributed by atoms with Gasteiger partial charge in [0.25, 0.3) is 5.91 Å². The minimum Gasteiger partial charge on any atom is -0.497 e. The van der Waals surface area contributed by atoms with E-state index < -0.39 is 51.8 Å². The van der Waals surface area contributed by atoms with E-state index in [0.717, 1.165) is 38.9 Å². The molecule has 2 unspecified atom stereocenters. The Hall–Kier alpha value is -8.99. The number of nitrogens with two attached hydrogens (primary N) is 1. The maximum atomic E-state index is 15.3. The molecule has 8 aromatic rings. The molecule has 392 valence electrons. The summed E-state index contributed by atoms with van der Waals surface area (Å²) in [6.07, 6.45) is 2.12. The van der Waals surface area contributed by atoms with Gasteiger partial charge < -0.3 is 40.3 Å². The minimum absolute atomic E-state index is 0.0409. The number of amides is 3. The fourth-order valence-electron chi connectivity index (χ4n) is 9.89. The summed E-state index contributed by atoms with van der Waals surface area (Å²) in [5, 5.41) is 13.3. The first-order valence-corrected chi connectivity index (χ1v) is 27.0. The Morgan fingerprint density at radius 2 is 1.22 bits per heavy atom. The average Bonchev–Trinajstić information content (AvgIpc) is 4.08. The number of esters is 1. The standard InChI is InChI=1S/C62H54N6O8S2/c1-73-50-35-33-43(34-36-50)39-75-57(71)60(37-20-38-74-58(63)72)41-68-55(70)53(56(68)78-42-60)65-54(69)52(67-76-62(47-27-14-5-15-28-47,48-29-16-6-17-30-48)49-31-18-7-19-32-49)51-40-77-59(64-51)66-61(44-21-8-2-9-22-44,45-23-10-3-11-24-45)46-25-12-4-13-26-46/h2-37,40,53,56H,38-39,41-42H2,1H3,(H2,63,72)(H,64,66)(H,65,69)/t53?,56-,60?/m1/s1. The number of benzene rings is 7. The summed E-state index contributed by atoms with van der Waals surface area (Å²) in [5.41, 5.74) is 7.39. The molecule has 3 heterocycles. The summed E-state index contributed by atoms with van der Waals surface area (Å²) in [5.74, 6) is -0.922. The summed E-state index contributed by atoms with van der Waals surface area (Å²) >= 11 is 2.60. The number of aromatic nitrogens is 1. The molecule has 2 aliphatic rings. The van der Waals surface area contributed by atoms with Gasteiger partial charge in [0.15, 0.2) is 10.8 Å².